The lowest BCUT2D eigenvalue weighted by Gasteiger charge is -2.23. The Morgan fingerprint density at radius 3 is 2.37 bits per heavy atom. The van der Waals surface area contributed by atoms with E-state index in [1.807, 2.05) is 37.3 Å². The summed E-state index contributed by atoms with van der Waals surface area (Å²) in [7, 11) is -3.66. The third-order valence-corrected chi connectivity index (χ3v) is 5.87. The van der Waals surface area contributed by atoms with Crippen LogP contribution in [0.25, 0.3) is 0 Å². The van der Waals surface area contributed by atoms with Gasteiger partial charge in [0.25, 0.3) is 0 Å². The third-order valence-electron chi connectivity index (χ3n) is 3.99. The molecule has 0 bridgehead atoms. The molecule has 0 aliphatic carbocycles. The zero-order valence-electron chi connectivity index (χ0n) is 15.2. The molecule has 1 N–H and O–H groups in total. The summed E-state index contributed by atoms with van der Waals surface area (Å²) in [5.74, 6) is -0.382. The number of carbonyl (C=O) groups is 1. The number of sulfonamides is 1. The second kappa shape index (κ2) is 9.44. The van der Waals surface area contributed by atoms with Crippen LogP contribution >= 0.6 is 23.2 Å². The number of carbonyl (C=O) groups excluding carboxylic acids is 1. The molecule has 27 heavy (non-hydrogen) atoms. The molecule has 0 aromatic heterocycles. The first-order chi connectivity index (χ1) is 12.7. The second-order valence-electron chi connectivity index (χ2n) is 6.36. The lowest BCUT2D eigenvalue weighted by Crippen LogP contribution is -2.43. The van der Waals surface area contributed by atoms with Gasteiger partial charge in [0.15, 0.2) is 0 Å². The van der Waals surface area contributed by atoms with Crippen LogP contribution in [0.1, 0.15) is 18.9 Å². The maximum Gasteiger partial charge on any atom is 0.240 e. The van der Waals surface area contributed by atoms with Gasteiger partial charge in [0, 0.05) is 6.04 Å². The molecule has 0 spiro atoms. The molecule has 0 aliphatic heterocycles. The highest BCUT2D eigenvalue weighted by Gasteiger charge is 2.22. The van der Waals surface area contributed by atoms with Gasteiger partial charge in [-0.1, -0.05) is 53.5 Å². The summed E-state index contributed by atoms with van der Waals surface area (Å²) in [4.78, 5) is 12.4. The molecular weight excluding hydrogens is 407 g/mol. The maximum atomic E-state index is 12.4. The van der Waals surface area contributed by atoms with E-state index in [4.69, 9.17) is 23.2 Å². The third kappa shape index (κ3) is 6.72. The van der Waals surface area contributed by atoms with Gasteiger partial charge in [0.1, 0.15) is 6.54 Å². The first-order valence-electron chi connectivity index (χ1n) is 8.43. The molecule has 5 nitrogen and oxygen atoms in total. The fourth-order valence-corrected chi connectivity index (χ4v) is 3.73. The lowest BCUT2D eigenvalue weighted by molar-refractivity contribution is -0.120. The summed E-state index contributed by atoms with van der Waals surface area (Å²) in [6.45, 7) is 1.57. The molecule has 2 aromatic rings. The fourth-order valence-electron chi connectivity index (χ4n) is 2.59. The number of hydrogen-bond donors (Lipinski definition) is 1. The zero-order chi connectivity index (χ0) is 20.0. The van der Waals surface area contributed by atoms with Crippen molar-refractivity contribution in [2.45, 2.75) is 25.8 Å². The van der Waals surface area contributed by atoms with Crippen molar-refractivity contribution < 1.29 is 13.2 Å². The van der Waals surface area contributed by atoms with E-state index in [1.54, 1.807) is 0 Å². The highest BCUT2D eigenvalue weighted by molar-refractivity contribution is 7.92. The number of nitrogens with zero attached hydrogens (tertiary/aromatic N) is 1. The van der Waals surface area contributed by atoms with Gasteiger partial charge in [-0.15, -0.1) is 0 Å². The number of nitrogens with one attached hydrogen (secondary N) is 1. The van der Waals surface area contributed by atoms with E-state index in [1.165, 1.54) is 23.8 Å². The number of benzene rings is 2. The summed E-state index contributed by atoms with van der Waals surface area (Å²) in [6.07, 6.45) is 2.62. The van der Waals surface area contributed by atoms with Gasteiger partial charge >= 0.3 is 0 Å². The van der Waals surface area contributed by atoms with Crippen LogP contribution in [0.4, 0.5) is 5.69 Å². The number of halogens is 2. The van der Waals surface area contributed by atoms with Gasteiger partial charge in [-0.3, -0.25) is 9.10 Å². The SMILES string of the molecule is C[C@@H](CCc1ccccc1)NC(=O)CN(c1ccc(Cl)c(Cl)c1)S(C)(=O)=O. The fraction of sp³-hybridized carbons (Fsp3) is 0.316. The van der Waals surface area contributed by atoms with Crippen molar-refractivity contribution in [1.82, 2.24) is 5.32 Å². The molecule has 2 aromatic carbocycles. The molecular formula is C19H22Cl2N2O3S. The van der Waals surface area contributed by atoms with Crippen molar-refractivity contribution in [1.29, 1.82) is 0 Å². The molecule has 1 atom stereocenters. The monoisotopic (exact) mass is 428 g/mol. The number of hydrogen-bond acceptors (Lipinski definition) is 3. The van der Waals surface area contributed by atoms with E-state index >= 15 is 0 Å². The molecule has 0 fully saturated rings. The van der Waals surface area contributed by atoms with Gasteiger partial charge in [0.2, 0.25) is 15.9 Å². The molecule has 0 saturated carbocycles. The van der Waals surface area contributed by atoms with Crippen molar-refractivity contribution in [3.8, 4) is 0 Å². The minimum atomic E-state index is -3.66. The Balaban J connectivity index is 2.00. The number of rotatable bonds is 8. The average molecular weight is 429 g/mol. The quantitative estimate of drug-likeness (QED) is 0.692. The summed E-state index contributed by atoms with van der Waals surface area (Å²) in [6, 6.07) is 14.3. The summed E-state index contributed by atoms with van der Waals surface area (Å²) >= 11 is 11.9. The standard InChI is InChI=1S/C19H22Cl2N2O3S/c1-14(8-9-15-6-4-3-5-7-15)22-19(24)13-23(27(2,25)26)16-10-11-17(20)18(21)12-16/h3-7,10-12,14H,8-9,13H2,1-2H3,(H,22,24)/t14-/m0/s1. The van der Waals surface area contributed by atoms with E-state index in [-0.39, 0.29) is 23.5 Å². The predicted molar refractivity (Wildman–Crippen MR) is 111 cm³/mol. The van der Waals surface area contributed by atoms with Crippen molar-refractivity contribution >= 4 is 44.8 Å². The Hall–Kier alpha value is -1.76. The van der Waals surface area contributed by atoms with Gasteiger partial charge < -0.3 is 5.32 Å². The minimum Gasteiger partial charge on any atom is -0.352 e. The van der Waals surface area contributed by atoms with Gasteiger partial charge in [0.05, 0.1) is 22.0 Å². The summed E-state index contributed by atoms with van der Waals surface area (Å²) in [5.41, 5.74) is 1.48. The van der Waals surface area contributed by atoms with Crippen LogP contribution in [0.15, 0.2) is 48.5 Å². The van der Waals surface area contributed by atoms with E-state index < -0.39 is 10.0 Å². The Morgan fingerprint density at radius 2 is 1.78 bits per heavy atom. The van der Waals surface area contributed by atoms with Crippen molar-refractivity contribution in [3.63, 3.8) is 0 Å². The minimum absolute atomic E-state index is 0.0899. The van der Waals surface area contributed by atoms with Crippen molar-refractivity contribution in [3.05, 3.63) is 64.1 Å². The van der Waals surface area contributed by atoms with E-state index in [9.17, 15) is 13.2 Å². The molecule has 2 rings (SSSR count). The molecule has 0 heterocycles. The predicted octanol–water partition coefficient (Wildman–Crippen LogP) is 3.90. The van der Waals surface area contributed by atoms with Crippen LogP contribution in [-0.2, 0) is 21.2 Å². The molecule has 0 saturated heterocycles. The average Bonchev–Trinajstić information content (AvgIpc) is 2.60. The molecule has 1 amide bonds. The summed E-state index contributed by atoms with van der Waals surface area (Å²) in [5, 5.41) is 3.38. The van der Waals surface area contributed by atoms with Gasteiger partial charge in [-0.2, -0.15) is 0 Å². The Morgan fingerprint density at radius 1 is 1.11 bits per heavy atom. The lowest BCUT2D eigenvalue weighted by atomic mass is 10.1. The normalized spacial score (nSPS) is 12.4. The highest BCUT2D eigenvalue weighted by Crippen LogP contribution is 2.28. The maximum absolute atomic E-state index is 12.4. The summed E-state index contributed by atoms with van der Waals surface area (Å²) < 4.78 is 25.3. The Bertz CT molecular complexity index is 889. The molecule has 0 unspecified atom stereocenters. The van der Waals surface area contributed by atoms with Gasteiger partial charge in [-0.05, 0) is 43.5 Å². The highest BCUT2D eigenvalue weighted by atomic mass is 35.5. The van der Waals surface area contributed by atoms with Crippen LogP contribution < -0.4 is 9.62 Å². The first kappa shape index (κ1) is 21.5. The molecule has 8 heteroatoms. The van der Waals surface area contributed by atoms with Crippen LogP contribution in [-0.4, -0.2) is 33.2 Å². The largest absolute Gasteiger partial charge is 0.352 e. The van der Waals surface area contributed by atoms with E-state index in [0.717, 1.165) is 23.4 Å². The zero-order valence-corrected chi connectivity index (χ0v) is 17.5. The molecule has 0 radical (unpaired) electrons. The van der Waals surface area contributed by atoms with E-state index in [0.29, 0.717) is 10.7 Å². The van der Waals surface area contributed by atoms with Crippen molar-refractivity contribution in [2.75, 3.05) is 17.1 Å². The van der Waals surface area contributed by atoms with Gasteiger partial charge in [-0.25, -0.2) is 8.42 Å². The number of aryl methyl sites for hydroxylation is 1. The smallest absolute Gasteiger partial charge is 0.240 e. The van der Waals surface area contributed by atoms with Crippen LogP contribution in [0.2, 0.25) is 10.0 Å². The second-order valence-corrected chi connectivity index (χ2v) is 9.08. The van der Waals surface area contributed by atoms with Crippen molar-refractivity contribution in [2.24, 2.45) is 0 Å². The Labute approximate surface area is 170 Å². The molecule has 0 aliphatic rings. The van der Waals surface area contributed by atoms with Crippen LogP contribution in [0.5, 0.6) is 0 Å². The first-order valence-corrected chi connectivity index (χ1v) is 11.0. The number of anilines is 1. The van der Waals surface area contributed by atoms with Crippen LogP contribution in [0, 0.1) is 0 Å². The topological polar surface area (TPSA) is 66.5 Å². The Kier molecular flexibility index (Phi) is 7.53. The van der Waals surface area contributed by atoms with Crippen LogP contribution in [0.3, 0.4) is 0 Å². The van der Waals surface area contributed by atoms with E-state index in [2.05, 4.69) is 5.32 Å². The number of amides is 1. The molecule has 146 valence electrons.